The largest absolute Gasteiger partial charge is 0.480 e. The normalized spacial score (nSPS) is 20.3. The molecular weight excluding hydrogens is 383 g/mol. The second-order valence-electron chi connectivity index (χ2n) is 5.99. The van der Waals surface area contributed by atoms with Gasteiger partial charge in [0.15, 0.2) is 0 Å². The van der Waals surface area contributed by atoms with Gasteiger partial charge in [-0.15, -0.1) is 0 Å². The minimum atomic E-state index is -4.64. The fraction of sp³-hybridized carbons (Fsp3) is 0.500. The van der Waals surface area contributed by atoms with Gasteiger partial charge in [0.05, 0.1) is 12.2 Å². The summed E-state index contributed by atoms with van der Waals surface area (Å²) in [6.45, 7) is 5.13. The number of hydrogen-bond acceptors (Lipinski definition) is 8. The lowest BCUT2D eigenvalue weighted by atomic mass is 10.0. The third-order valence-corrected chi connectivity index (χ3v) is 3.66. The highest BCUT2D eigenvalue weighted by atomic mass is 31.2. The molecule has 0 spiro atoms. The molecule has 13 heteroatoms. The molecule has 3 fully saturated rings. The molecule has 0 aromatic carbocycles. The summed E-state index contributed by atoms with van der Waals surface area (Å²) in [7, 11) is -4.64. The van der Waals surface area contributed by atoms with E-state index in [2.05, 4.69) is 5.73 Å². The predicted molar refractivity (Wildman–Crippen MR) is 90.8 cm³/mol. The molecule has 1 aliphatic carbocycles. The molecule has 27 heavy (non-hydrogen) atoms. The Morgan fingerprint density at radius 3 is 1.67 bits per heavy atom. The standard InChI is InChI=1S/C12H13N3O2.C2H5NO2.H3O4P/c16-9-7-8(13-1-2-13)12(17)11(15-5-6-15)10(9)14-3-4-14;3-1-2(4)5;1-5(2,3)4/h7H,1-6H2;1,3H2,(H,4,5);(H3,1,2,3,4). The van der Waals surface area contributed by atoms with Crippen LogP contribution >= 0.6 is 7.82 Å². The molecule has 6 N–H and O–H groups in total. The number of phosphoric acid groups is 1. The summed E-state index contributed by atoms with van der Waals surface area (Å²) in [5.74, 6) is -0.919. The maximum Gasteiger partial charge on any atom is 0.466 e. The first-order valence-corrected chi connectivity index (χ1v) is 9.59. The van der Waals surface area contributed by atoms with Crippen molar-refractivity contribution in [3.8, 4) is 0 Å². The quantitative estimate of drug-likeness (QED) is 0.186. The van der Waals surface area contributed by atoms with Gasteiger partial charge in [0.1, 0.15) is 11.4 Å². The van der Waals surface area contributed by atoms with E-state index in [-0.39, 0.29) is 18.1 Å². The lowest BCUT2D eigenvalue weighted by Gasteiger charge is -2.21. The molecule has 3 aliphatic heterocycles. The van der Waals surface area contributed by atoms with Crippen molar-refractivity contribution in [2.45, 2.75) is 0 Å². The fourth-order valence-corrected chi connectivity index (χ4v) is 2.28. The monoisotopic (exact) mass is 404 g/mol. The van der Waals surface area contributed by atoms with Crippen molar-refractivity contribution in [1.82, 2.24) is 14.7 Å². The van der Waals surface area contributed by atoms with Crippen LogP contribution in [0.4, 0.5) is 0 Å². The average molecular weight is 404 g/mol. The third kappa shape index (κ3) is 6.77. The molecule has 12 nitrogen and oxygen atoms in total. The van der Waals surface area contributed by atoms with Crippen LogP contribution in [-0.4, -0.2) is 97.8 Å². The number of carbonyl (C=O) groups is 3. The van der Waals surface area contributed by atoms with Crippen LogP contribution in [0.25, 0.3) is 0 Å². The Morgan fingerprint density at radius 1 is 0.963 bits per heavy atom. The van der Waals surface area contributed by atoms with E-state index in [9.17, 15) is 14.4 Å². The maximum atomic E-state index is 12.4. The number of allylic oxidation sites excluding steroid dienone is 1. The van der Waals surface area contributed by atoms with Crippen LogP contribution in [-0.2, 0) is 18.9 Å². The Bertz CT molecular complexity index is 738. The van der Waals surface area contributed by atoms with Crippen molar-refractivity contribution in [1.29, 1.82) is 0 Å². The molecule has 0 atom stereocenters. The second kappa shape index (κ2) is 8.19. The number of nitrogens with two attached hydrogens (primary N) is 1. The highest BCUT2D eigenvalue weighted by Crippen LogP contribution is 2.33. The Morgan fingerprint density at radius 2 is 1.33 bits per heavy atom. The minimum Gasteiger partial charge on any atom is -0.480 e. The molecule has 0 bridgehead atoms. The summed E-state index contributed by atoms with van der Waals surface area (Å²) in [4.78, 5) is 61.3. The molecule has 0 aromatic heterocycles. The van der Waals surface area contributed by atoms with Gasteiger partial charge >= 0.3 is 13.8 Å². The van der Waals surface area contributed by atoms with Gasteiger partial charge in [0, 0.05) is 45.3 Å². The van der Waals surface area contributed by atoms with E-state index in [1.807, 2.05) is 14.7 Å². The molecule has 4 aliphatic rings. The Kier molecular flexibility index (Phi) is 6.39. The third-order valence-electron chi connectivity index (χ3n) is 3.66. The lowest BCUT2D eigenvalue weighted by molar-refractivity contribution is -0.135. The van der Waals surface area contributed by atoms with Gasteiger partial charge in [-0.05, 0) is 0 Å². The Labute approximate surface area is 154 Å². The zero-order valence-corrected chi connectivity index (χ0v) is 15.2. The van der Waals surface area contributed by atoms with Gasteiger partial charge in [-0.25, -0.2) is 4.57 Å². The Hall–Kier alpha value is -2.24. The number of Topliss-reactive ketones (excluding diaryl/α,β-unsaturated/α-hetero) is 1. The molecule has 0 saturated carbocycles. The van der Waals surface area contributed by atoms with Crippen LogP contribution in [0.3, 0.4) is 0 Å². The number of carboxylic acid groups (broad SMARTS) is 1. The molecule has 0 radical (unpaired) electrons. The zero-order chi connectivity index (χ0) is 20.4. The van der Waals surface area contributed by atoms with Crippen LogP contribution in [0.1, 0.15) is 0 Å². The summed E-state index contributed by atoms with van der Waals surface area (Å²) < 4.78 is 8.88. The summed E-state index contributed by atoms with van der Waals surface area (Å²) in [5, 5.41) is 7.60. The highest BCUT2D eigenvalue weighted by Gasteiger charge is 2.43. The average Bonchev–Trinajstić information content (AvgIpc) is 3.38. The van der Waals surface area contributed by atoms with Crippen LogP contribution < -0.4 is 5.73 Å². The van der Waals surface area contributed by atoms with Gasteiger partial charge < -0.3 is 40.2 Å². The van der Waals surface area contributed by atoms with Crippen LogP contribution in [0.15, 0.2) is 23.2 Å². The molecular formula is C14H21N4O8P. The first kappa shape index (κ1) is 21.1. The zero-order valence-electron chi connectivity index (χ0n) is 14.3. The topological polar surface area (TPSA) is 184 Å². The number of rotatable bonds is 4. The minimum absolute atomic E-state index is 0.00546. The van der Waals surface area contributed by atoms with Gasteiger partial charge in [-0.3, -0.25) is 14.4 Å². The van der Waals surface area contributed by atoms with Crippen molar-refractivity contribution in [2.24, 2.45) is 5.73 Å². The van der Waals surface area contributed by atoms with E-state index in [1.165, 1.54) is 6.08 Å². The molecule has 150 valence electrons. The van der Waals surface area contributed by atoms with Crippen molar-refractivity contribution in [2.75, 3.05) is 45.8 Å². The van der Waals surface area contributed by atoms with E-state index < -0.39 is 13.8 Å². The summed E-state index contributed by atoms with van der Waals surface area (Å²) in [6, 6.07) is 0. The molecule has 0 unspecified atom stereocenters. The van der Waals surface area contributed by atoms with Crippen LogP contribution in [0.2, 0.25) is 0 Å². The van der Waals surface area contributed by atoms with Crippen LogP contribution in [0, 0.1) is 0 Å². The van der Waals surface area contributed by atoms with Crippen LogP contribution in [0.5, 0.6) is 0 Å². The van der Waals surface area contributed by atoms with E-state index in [0.717, 1.165) is 39.3 Å². The van der Waals surface area contributed by atoms with Gasteiger partial charge in [0.25, 0.3) is 0 Å². The number of carbonyl (C=O) groups excluding carboxylic acids is 2. The summed E-state index contributed by atoms with van der Waals surface area (Å²) in [5.41, 5.74) is 6.46. The summed E-state index contributed by atoms with van der Waals surface area (Å²) >= 11 is 0. The smallest absolute Gasteiger partial charge is 0.466 e. The lowest BCUT2D eigenvalue weighted by Crippen LogP contribution is -2.29. The molecule has 3 heterocycles. The number of nitrogens with zero attached hydrogens (tertiary/aromatic N) is 3. The van der Waals surface area contributed by atoms with E-state index >= 15 is 0 Å². The predicted octanol–water partition coefficient (Wildman–Crippen LogP) is -2.72. The van der Waals surface area contributed by atoms with Crippen molar-refractivity contribution in [3.05, 3.63) is 23.2 Å². The van der Waals surface area contributed by atoms with Crippen molar-refractivity contribution < 1.29 is 38.7 Å². The highest BCUT2D eigenvalue weighted by molar-refractivity contribution is 7.45. The molecule has 3 saturated heterocycles. The number of ketones is 2. The fourth-order valence-electron chi connectivity index (χ4n) is 2.28. The Balaban J connectivity index is 0.000000221. The molecule has 4 rings (SSSR count). The van der Waals surface area contributed by atoms with Gasteiger partial charge in [-0.2, -0.15) is 0 Å². The van der Waals surface area contributed by atoms with Gasteiger partial charge in [0.2, 0.25) is 11.6 Å². The van der Waals surface area contributed by atoms with Crippen molar-refractivity contribution >= 4 is 25.4 Å². The van der Waals surface area contributed by atoms with E-state index in [4.69, 9.17) is 24.4 Å². The van der Waals surface area contributed by atoms with E-state index in [1.54, 1.807) is 0 Å². The molecule has 0 amide bonds. The van der Waals surface area contributed by atoms with E-state index in [0.29, 0.717) is 17.1 Å². The van der Waals surface area contributed by atoms with Crippen molar-refractivity contribution in [3.63, 3.8) is 0 Å². The number of hydrogen-bond donors (Lipinski definition) is 5. The maximum absolute atomic E-state index is 12.4. The first-order valence-electron chi connectivity index (χ1n) is 8.03. The number of aliphatic carboxylic acids is 1. The summed E-state index contributed by atoms with van der Waals surface area (Å²) in [6.07, 6.45) is 1.52. The number of carboxylic acids is 1. The second-order valence-corrected chi connectivity index (χ2v) is 7.02. The van der Waals surface area contributed by atoms with Gasteiger partial charge in [-0.1, -0.05) is 0 Å². The SMILES string of the molecule is NCC(=O)O.O=C1C=C(N2CC2)C(=O)C(N2CC2)=C1N1CC1.O=P(O)(O)O. The first-order chi connectivity index (χ1) is 12.5. The molecule has 0 aromatic rings.